The highest BCUT2D eigenvalue weighted by Crippen LogP contribution is 2.51. The van der Waals surface area contributed by atoms with E-state index in [9.17, 15) is 0 Å². The molecule has 0 heterocycles. The van der Waals surface area contributed by atoms with Crippen molar-refractivity contribution in [1.29, 1.82) is 0 Å². The average molecular weight is 249 g/mol. The maximum atomic E-state index is 6.64. The number of fused-ring (bicyclic) bond motifs is 2. The second kappa shape index (κ2) is 4.81. The molecule has 0 aromatic heterocycles. The quantitative estimate of drug-likeness (QED) is 0.790. The van der Waals surface area contributed by atoms with Crippen molar-refractivity contribution < 1.29 is 0 Å². The monoisotopic (exact) mass is 249 g/mol. The summed E-state index contributed by atoms with van der Waals surface area (Å²) in [5, 5.41) is 0. The predicted molar refractivity (Wildman–Crippen MR) is 77.3 cm³/mol. The first kappa shape index (κ1) is 13.0. The summed E-state index contributed by atoms with van der Waals surface area (Å²) in [4.78, 5) is 0. The Morgan fingerprint density at radius 2 is 1.94 bits per heavy atom. The van der Waals surface area contributed by atoms with Gasteiger partial charge in [0.15, 0.2) is 0 Å². The fourth-order valence-corrected chi connectivity index (χ4v) is 5.49. The van der Waals surface area contributed by atoms with Crippen molar-refractivity contribution in [2.45, 2.75) is 77.7 Å². The van der Waals surface area contributed by atoms with Gasteiger partial charge in [-0.3, -0.25) is 0 Å². The Morgan fingerprint density at radius 1 is 1.11 bits per heavy atom. The molecule has 0 amide bonds. The van der Waals surface area contributed by atoms with Gasteiger partial charge in [0.1, 0.15) is 0 Å². The first-order valence-corrected chi connectivity index (χ1v) is 8.32. The minimum absolute atomic E-state index is 0.477. The van der Waals surface area contributed by atoms with Crippen LogP contribution in [0, 0.1) is 29.1 Å². The lowest BCUT2D eigenvalue weighted by Crippen LogP contribution is -2.43. The van der Waals surface area contributed by atoms with Crippen molar-refractivity contribution in [2.24, 2.45) is 34.8 Å². The van der Waals surface area contributed by atoms with E-state index in [4.69, 9.17) is 5.73 Å². The minimum Gasteiger partial charge on any atom is -0.327 e. The van der Waals surface area contributed by atoms with E-state index in [-0.39, 0.29) is 0 Å². The Morgan fingerprint density at radius 3 is 2.56 bits per heavy atom. The number of hydrogen-bond acceptors (Lipinski definition) is 1. The Balaban J connectivity index is 1.59. The van der Waals surface area contributed by atoms with Gasteiger partial charge in [-0.1, -0.05) is 33.1 Å². The van der Waals surface area contributed by atoms with Crippen LogP contribution in [0.3, 0.4) is 0 Å². The molecule has 5 unspecified atom stereocenters. The molecule has 1 heteroatoms. The first-order chi connectivity index (χ1) is 8.56. The summed E-state index contributed by atoms with van der Waals surface area (Å²) in [5.74, 6) is 3.89. The maximum absolute atomic E-state index is 6.64. The van der Waals surface area contributed by atoms with Crippen molar-refractivity contribution in [2.75, 3.05) is 0 Å². The zero-order valence-corrected chi connectivity index (χ0v) is 12.3. The molecule has 2 N–H and O–H groups in total. The van der Waals surface area contributed by atoms with Crippen LogP contribution in [-0.2, 0) is 0 Å². The molecule has 3 saturated carbocycles. The van der Waals surface area contributed by atoms with Crippen LogP contribution in [0.1, 0.15) is 71.6 Å². The van der Waals surface area contributed by atoms with Crippen LogP contribution in [0.4, 0.5) is 0 Å². The van der Waals surface area contributed by atoms with Crippen LogP contribution in [0.5, 0.6) is 0 Å². The lowest BCUT2D eigenvalue weighted by molar-refractivity contribution is 0.0973. The number of hydrogen-bond donors (Lipinski definition) is 1. The Bertz CT molecular complexity index is 296. The van der Waals surface area contributed by atoms with Gasteiger partial charge in [0.05, 0.1) is 0 Å². The molecule has 0 aromatic rings. The van der Waals surface area contributed by atoms with E-state index in [0.717, 1.165) is 23.7 Å². The van der Waals surface area contributed by atoms with Crippen molar-refractivity contribution in [3.05, 3.63) is 0 Å². The largest absolute Gasteiger partial charge is 0.327 e. The molecule has 104 valence electrons. The second-order valence-corrected chi connectivity index (χ2v) is 8.18. The normalized spacial score (nSPS) is 44.2. The van der Waals surface area contributed by atoms with E-state index in [1.54, 1.807) is 0 Å². The van der Waals surface area contributed by atoms with E-state index in [1.807, 2.05) is 0 Å². The summed E-state index contributed by atoms with van der Waals surface area (Å²) in [5.41, 5.74) is 7.13. The van der Waals surface area contributed by atoms with E-state index in [0.29, 0.717) is 11.5 Å². The van der Waals surface area contributed by atoms with E-state index >= 15 is 0 Å². The topological polar surface area (TPSA) is 26.0 Å². The van der Waals surface area contributed by atoms with E-state index in [1.165, 1.54) is 57.8 Å². The van der Waals surface area contributed by atoms with Gasteiger partial charge in [-0.25, -0.2) is 0 Å². The highest BCUT2D eigenvalue weighted by molar-refractivity contribution is 4.95. The van der Waals surface area contributed by atoms with Crippen molar-refractivity contribution in [3.8, 4) is 0 Å². The third kappa shape index (κ3) is 2.35. The molecular weight excluding hydrogens is 218 g/mol. The molecular formula is C17H31N. The summed E-state index contributed by atoms with van der Waals surface area (Å²) < 4.78 is 0. The van der Waals surface area contributed by atoms with E-state index < -0.39 is 0 Å². The summed E-state index contributed by atoms with van der Waals surface area (Å²) in [7, 11) is 0. The average Bonchev–Trinajstić information content (AvgIpc) is 2.90. The second-order valence-electron chi connectivity index (χ2n) is 8.18. The Hall–Kier alpha value is -0.0400. The van der Waals surface area contributed by atoms with Gasteiger partial charge in [0.2, 0.25) is 0 Å². The smallest absolute Gasteiger partial charge is 0.00750 e. The van der Waals surface area contributed by atoms with Crippen LogP contribution >= 0.6 is 0 Å². The summed E-state index contributed by atoms with van der Waals surface area (Å²) in [6.45, 7) is 4.91. The predicted octanol–water partition coefficient (Wildman–Crippen LogP) is 4.36. The molecule has 0 spiro atoms. The molecule has 0 saturated heterocycles. The fraction of sp³-hybridized carbons (Fsp3) is 1.00. The summed E-state index contributed by atoms with van der Waals surface area (Å²) in [6, 6.07) is 0.477. The molecule has 3 aliphatic carbocycles. The molecule has 0 radical (unpaired) electrons. The number of nitrogens with two attached hydrogens (primary N) is 1. The SMILES string of the molecule is CC1(C)CCCCC1C(N)CC1CC2CCC1C2. The van der Waals surface area contributed by atoms with Gasteiger partial charge in [-0.2, -0.15) is 0 Å². The van der Waals surface area contributed by atoms with Gasteiger partial charge in [0, 0.05) is 6.04 Å². The van der Waals surface area contributed by atoms with Crippen LogP contribution in [-0.4, -0.2) is 6.04 Å². The van der Waals surface area contributed by atoms with E-state index in [2.05, 4.69) is 13.8 Å². The van der Waals surface area contributed by atoms with Gasteiger partial charge >= 0.3 is 0 Å². The molecule has 3 aliphatic rings. The molecule has 5 atom stereocenters. The highest BCUT2D eigenvalue weighted by Gasteiger charge is 2.42. The van der Waals surface area contributed by atoms with Crippen LogP contribution in [0.15, 0.2) is 0 Å². The highest BCUT2D eigenvalue weighted by atomic mass is 14.7. The zero-order chi connectivity index (χ0) is 12.8. The van der Waals surface area contributed by atoms with Gasteiger partial charge in [-0.05, 0) is 67.6 Å². The molecule has 18 heavy (non-hydrogen) atoms. The van der Waals surface area contributed by atoms with Crippen LogP contribution in [0.2, 0.25) is 0 Å². The fourth-order valence-electron chi connectivity index (χ4n) is 5.49. The molecule has 3 fully saturated rings. The van der Waals surface area contributed by atoms with Crippen LogP contribution in [0.25, 0.3) is 0 Å². The zero-order valence-electron chi connectivity index (χ0n) is 12.3. The lowest BCUT2D eigenvalue weighted by Gasteiger charge is -2.43. The minimum atomic E-state index is 0.477. The molecule has 3 rings (SSSR count). The van der Waals surface area contributed by atoms with Gasteiger partial charge in [0.25, 0.3) is 0 Å². The lowest BCUT2D eigenvalue weighted by atomic mass is 9.64. The molecule has 1 nitrogen and oxygen atoms in total. The van der Waals surface area contributed by atoms with Gasteiger partial charge in [-0.15, -0.1) is 0 Å². The van der Waals surface area contributed by atoms with Crippen molar-refractivity contribution >= 4 is 0 Å². The van der Waals surface area contributed by atoms with Crippen molar-refractivity contribution in [3.63, 3.8) is 0 Å². The number of rotatable bonds is 3. The van der Waals surface area contributed by atoms with Crippen molar-refractivity contribution in [1.82, 2.24) is 0 Å². The third-order valence-corrected chi connectivity index (χ3v) is 6.57. The Kier molecular flexibility index (Phi) is 3.47. The van der Waals surface area contributed by atoms with Crippen LogP contribution < -0.4 is 5.73 Å². The van der Waals surface area contributed by atoms with Gasteiger partial charge < -0.3 is 5.73 Å². The summed E-state index contributed by atoms with van der Waals surface area (Å²) >= 11 is 0. The maximum Gasteiger partial charge on any atom is 0.00750 e. The molecule has 0 aromatic carbocycles. The first-order valence-electron chi connectivity index (χ1n) is 8.32. The molecule has 0 aliphatic heterocycles. The summed E-state index contributed by atoms with van der Waals surface area (Å²) in [6.07, 6.45) is 13.0. The third-order valence-electron chi connectivity index (χ3n) is 6.57. The Labute approximate surface area is 113 Å². The standard InChI is InChI=1S/C17H31N/c1-17(2)8-4-3-5-15(17)16(18)11-14-10-12-6-7-13(14)9-12/h12-16H,3-11,18H2,1-2H3. The molecule has 2 bridgehead atoms.